The first-order chi connectivity index (χ1) is 40.3. The number of aliphatic hydroxyl groups excluding tert-OH is 11. The molecule has 3 aliphatic heterocycles. The second-order valence-corrected chi connectivity index (χ2v) is 21.8. The summed E-state index contributed by atoms with van der Waals surface area (Å²) in [7, 11) is 0. The van der Waals surface area contributed by atoms with E-state index in [1.165, 1.54) is 51.4 Å². The molecular weight excluding hydrogens is 1070 g/mol. The van der Waals surface area contributed by atoms with Crippen molar-refractivity contribution in [3.63, 3.8) is 0 Å². The van der Waals surface area contributed by atoms with Crippen molar-refractivity contribution >= 4 is 5.91 Å². The van der Waals surface area contributed by atoms with Crippen LogP contribution in [0.15, 0.2) is 97.2 Å². The van der Waals surface area contributed by atoms with Crippen LogP contribution in [-0.4, -0.2) is 193 Å². The van der Waals surface area contributed by atoms with Crippen LogP contribution in [0.1, 0.15) is 168 Å². The van der Waals surface area contributed by atoms with Crippen molar-refractivity contribution in [2.75, 3.05) is 26.4 Å². The highest BCUT2D eigenvalue weighted by Gasteiger charge is 2.53. The lowest BCUT2D eigenvalue weighted by molar-refractivity contribution is -0.379. The fraction of sp³-hybridized carbons (Fsp3) is 0.734. The zero-order valence-electron chi connectivity index (χ0n) is 49.6. The fourth-order valence-corrected chi connectivity index (χ4v) is 9.80. The van der Waals surface area contributed by atoms with Crippen molar-refractivity contribution < 1.29 is 89.4 Å². The molecule has 0 spiro atoms. The maximum absolute atomic E-state index is 13.3. The van der Waals surface area contributed by atoms with Crippen molar-refractivity contribution in [1.82, 2.24) is 5.32 Å². The van der Waals surface area contributed by atoms with E-state index in [-0.39, 0.29) is 18.9 Å². The van der Waals surface area contributed by atoms with Gasteiger partial charge in [-0.1, -0.05) is 175 Å². The van der Waals surface area contributed by atoms with E-state index in [4.69, 9.17) is 28.4 Å². The number of amides is 1. The number of ether oxygens (including phenoxy) is 6. The Bertz CT molecular complexity index is 1890. The minimum atomic E-state index is -1.99. The van der Waals surface area contributed by atoms with Crippen LogP contribution in [0, 0.1) is 0 Å². The number of unbranched alkanes of at least 4 members (excludes halogenated alkanes) is 14. The van der Waals surface area contributed by atoms with E-state index in [0.717, 1.165) is 83.5 Å². The summed E-state index contributed by atoms with van der Waals surface area (Å²) in [6, 6.07) is -1.01. The van der Waals surface area contributed by atoms with E-state index in [0.29, 0.717) is 12.8 Å². The van der Waals surface area contributed by atoms with Gasteiger partial charge >= 0.3 is 0 Å². The molecule has 3 rings (SSSR count). The quantitative estimate of drug-likeness (QED) is 0.0241. The predicted octanol–water partition coefficient (Wildman–Crippen LogP) is 6.15. The Balaban J connectivity index is 1.51. The summed E-state index contributed by atoms with van der Waals surface area (Å²) >= 11 is 0. The molecule has 0 aromatic heterocycles. The highest BCUT2D eigenvalue weighted by atomic mass is 16.8. The molecule has 3 saturated heterocycles. The maximum atomic E-state index is 13.3. The van der Waals surface area contributed by atoms with Crippen LogP contribution in [-0.2, 0) is 33.2 Å². The summed E-state index contributed by atoms with van der Waals surface area (Å²) < 4.78 is 34.2. The zero-order valence-corrected chi connectivity index (χ0v) is 49.6. The molecule has 0 aromatic carbocycles. The molecule has 476 valence electrons. The molecular formula is C64H107NO18. The van der Waals surface area contributed by atoms with Gasteiger partial charge in [0.05, 0.1) is 38.6 Å². The Labute approximate surface area is 494 Å². The van der Waals surface area contributed by atoms with Crippen molar-refractivity contribution in [2.24, 2.45) is 0 Å². The lowest BCUT2D eigenvalue weighted by Gasteiger charge is -2.48. The van der Waals surface area contributed by atoms with Gasteiger partial charge in [-0.05, 0) is 83.5 Å². The molecule has 17 atom stereocenters. The standard InChI is InChI=1S/C64H107NO18/c1-3-5-7-9-11-13-15-17-19-20-21-22-23-24-25-26-28-30-32-34-36-38-40-42-52(70)65-47(48(69)41-39-37-35-33-31-29-27-18-16-14-12-10-8-6-4-2)46-78-62-58(76)55(73)60(50(44-67)80-62)83-64-59(77)56(74)61(51(45-68)81-64)82-63-57(75)54(72)53(71)49(43-66)79-63/h5,7,11,13,17,19,21-22,24-25,28,30-31,33,39,41,47-51,53-64,66-69,71-77H,3-4,6,8-10,12,14-16,18,20,23,26-27,29,32,34-38,40,42-46H2,1-2H3,(H,65,70)/b7-5-,13-11-,19-17-,22-21-,25-24-,30-28-,33-31+,41-39+. The largest absolute Gasteiger partial charge is 0.394 e. The maximum Gasteiger partial charge on any atom is 0.220 e. The summed E-state index contributed by atoms with van der Waals surface area (Å²) in [5.41, 5.74) is 0. The molecule has 17 unspecified atom stereocenters. The Hall–Kier alpha value is -3.29. The average molecular weight is 1180 g/mol. The molecule has 0 radical (unpaired) electrons. The first kappa shape index (κ1) is 74.0. The van der Waals surface area contributed by atoms with Gasteiger partial charge in [-0.25, -0.2) is 0 Å². The van der Waals surface area contributed by atoms with Gasteiger partial charge in [0.15, 0.2) is 18.9 Å². The second-order valence-electron chi connectivity index (χ2n) is 21.8. The van der Waals surface area contributed by atoms with Crippen LogP contribution in [0.4, 0.5) is 0 Å². The highest BCUT2D eigenvalue weighted by Crippen LogP contribution is 2.33. The van der Waals surface area contributed by atoms with Crippen molar-refractivity contribution in [2.45, 2.75) is 272 Å². The van der Waals surface area contributed by atoms with E-state index < -0.39 is 124 Å². The topological polar surface area (TPSA) is 307 Å². The van der Waals surface area contributed by atoms with E-state index in [1.807, 2.05) is 6.08 Å². The molecule has 1 amide bonds. The number of carbonyl (C=O) groups excluding carboxylic acids is 1. The highest BCUT2D eigenvalue weighted by molar-refractivity contribution is 5.76. The third kappa shape index (κ3) is 29.3. The zero-order chi connectivity index (χ0) is 60.5. The third-order valence-corrected chi connectivity index (χ3v) is 14.9. The summed E-state index contributed by atoms with van der Waals surface area (Å²) in [4.78, 5) is 13.3. The van der Waals surface area contributed by atoms with Crippen LogP contribution >= 0.6 is 0 Å². The normalized spacial score (nSPS) is 30.1. The number of nitrogens with one attached hydrogen (secondary N) is 1. The molecule has 0 saturated carbocycles. The monoisotopic (exact) mass is 1180 g/mol. The molecule has 3 fully saturated rings. The summed E-state index contributed by atoms with van der Waals surface area (Å²) in [6.45, 7) is 1.54. The van der Waals surface area contributed by atoms with Gasteiger partial charge in [0, 0.05) is 6.42 Å². The van der Waals surface area contributed by atoms with Crippen molar-refractivity contribution in [3.05, 3.63) is 97.2 Å². The number of hydrogen-bond donors (Lipinski definition) is 12. The number of hydrogen-bond acceptors (Lipinski definition) is 18. The van der Waals surface area contributed by atoms with Gasteiger partial charge in [-0.2, -0.15) is 0 Å². The number of aliphatic hydroxyl groups is 11. The molecule has 0 aromatic rings. The summed E-state index contributed by atoms with van der Waals surface area (Å²) in [5, 5.41) is 120. The summed E-state index contributed by atoms with van der Waals surface area (Å²) in [5.74, 6) is -0.315. The summed E-state index contributed by atoms with van der Waals surface area (Å²) in [6.07, 6.45) is 31.0. The van der Waals surface area contributed by atoms with E-state index in [1.54, 1.807) is 6.08 Å². The lowest BCUT2D eigenvalue weighted by Crippen LogP contribution is -2.66. The van der Waals surface area contributed by atoms with Crippen LogP contribution in [0.25, 0.3) is 0 Å². The fourth-order valence-electron chi connectivity index (χ4n) is 9.80. The van der Waals surface area contributed by atoms with E-state index >= 15 is 0 Å². The van der Waals surface area contributed by atoms with Crippen LogP contribution in [0.2, 0.25) is 0 Å². The Morgan fingerprint density at radius 3 is 1.35 bits per heavy atom. The number of rotatable bonds is 44. The molecule has 19 heteroatoms. The average Bonchev–Trinajstić information content (AvgIpc) is 3.18. The van der Waals surface area contributed by atoms with Gasteiger partial charge in [0.25, 0.3) is 0 Å². The lowest BCUT2D eigenvalue weighted by atomic mass is 9.96. The van der Waals surface area contributed by atoms with Crippen LogP contribution in [0.3, 0.4) is 0 Å². The Morgan fingerprint density at radius 1 is 0.446 bits per heavy atom. The molecule has 0 aliphatic carbocycles. The molecule has 12 N–H and O–H groups in total. The first-order valence-electron chi connectivity index (χ1n) is 31.0. The minimum absolute atomic E-state index is 0.199. The first-order valence-corrected chi connectivity index (χ1v) is 31.0. The molecule has 0 bridgehead atoms. The molecule has 19 nitrogen and oxygen atoms in total. The van der Waals surface area contributed by atoms with E-state index in [2.05, 4.69) is 104 Å². The molecule has 3 aliphatic rings. The third-order valence-electron chi connectivity index (χ3n) is 14.9. The van der Waals surface area contributed by atoms with Crippen molar-refractivity contribution in [3.8, 4) is 0 Å². The van der Waals surface area contributed by atoms with E-state index in [9.17, 15) is 61.0 Å². The van der Waals surface area contributed by atoms with Gasteiger partial charge < -0.3 is 89.9 Å². The number of allylic oxidation sites excluding steroid dienone is 15. The molecule has 83 heavy (non-hydrogen) atoms. The smallest absolute Gasteiger partial charge is 0.220 e. The van der Waals surface area contributed by atoms with Gasteiger partial charge in [0.1, 0.15) is 73.2 Å². The SMILES string of the molecule is CC/C=C\C/C=C\C/C=C\C/C=C\C/C=C\C/C=C\CCCCCCC(=O)NC(COC1OC(CO)C(OC2OC(CO)C(OC3OC(CO)C(O)C(O)C3O)C(O)C2O)C(O)C1O)C(O)/C=C/CC/C=C/CCCCCCCCCCC. The Morgan fingerprint density at radius 2 is 0.843 bits per heavy atom. The van der Waals surface area contributed by atoms with Crippen LogP contribution < -0.4 is 5.32 Å². The van der Waals surface area contributed by atoms with Gasteiger partial charge in [-0.15, -0.1) is 0 Å². The van der Waals surface area contributed by atoms with Crippen LogP contribution in [0.5, 0.6) is 0 Å². The number of carbonyl (C=O) groups is 1. The van der Waals surface area contributed by atoms with Crippen molar-refractivity contribution in [1.29, 1.82) is 0 Å². The minimum Gasteiger partial charge on any atom is -0.394 e. The second kappa shape index (κ2) is 45.9. The predicted molar refractivity (Wildman–Crippen MR) is 318 cm³/mol. The van der Waals surface area contributed by atoms with Gasteiger partial charge in [0.2, 0.25) is 5.91 Å². The molecule has 3 heterocycles. The van der Waals surface area contributed by atoms with Gasteiger partial charge in [-0.3, -0.25) is 4.79 Å². The Kier molecular flexibility index (Phi) is 40.9.